The quantitative estimate of drug-likeness (QED) is 0.560. The van der Waals surface area contributed by atoms with Gasteiger partial charge in [0.1, 0.15) is 0 Å². The number of hydrogen-bond acceptors (Lipinski definition) is 11. The highest BCUT2D eigenvalue weighted by atomic mass is 32.2. The van der Waals surface area contributed by atoms with Crippen LogP contribution >= 0.6 is 46.2 Å². The van der Waals surface area contributed by atoms with Crippen molar-refractivity contribution < 1.29 is 4.79 Å². The summed E-state index contributed by atoms with van der Waals surface area (Å²) in [5.74, 6) is 0.743. The van der Waals surface area contributed by atoms with Crippen LogP contribution in [0.4, 0.5) is 10.3 Å². The molecule has 0 saturated heterocycles. The number of carbonyl (C=O) groups excluding carboxylic acids is 1. The molecule has 2 aromatic heterocycles. The highest BCUT2D eigenvalue weighted by molar-refractivity contribution is 8.01. The van der Waals surface area contributed by atoms with E-state index in [9.17, 15) is 4.79 Å². The number of nitriles is 1. The Bertz CT molecular complexity index is 649. The smallest absolute Gasteiger partial charge is 0.227 e. The van der Waals surface area contributed by atoms with E-state index in [4.69, 9.17) is 11.0 Å². The van der Waals surface area contributed by atoms with E-state index in [1.165, 1.54) is 46.2 Å². The SMILES string of the molecule is N#CCSc1nnc(NC(=O)CCSc2nnc(N)s2)s1. The first-order valence-electron chi connectivity index (χ1n) is 5.52. The third-order valence-electron chi connectivity index (χ3n) is 1.89. The minimum absolute atomic E-state index is 0.145. The van der Waals surface area contributed by atoms with E-state index in [0.29, 0.717) is 32.5 Å². The Balaban J connectivity index is 1.71. The van der Waals surface area contributed by atoms with Crippen molar-refractivity contribution in [3.05, 3.63) is 0 Å². The van der Waals surface area contributed by atoms with Crippen LogP contribution in [-0.2, 0) is 4.79 Å². The Morgan fingerprint density at radius 3 is 2.71 bits per heavy atom. The zero-order valence-corrected chi connectivity index (χ0v) is 13.7. The third kappa shape index (κ3) is 5.46. The molecule has 8 nitrogen and oxygen atoms in total. The van der Waals surface area contributed by atoms with Crippen molar-refractivity contribution in [3.8, 4) is 6.07 Å². The van der Waals surface area contributed by atoms with Gasteiger partial charge in [-0.1, -0.05) is 46.2 Å². The predicted octanol–water partition coefficient (Wildman–Crippen LogP) is 1.71. The zero-order chi connectivity index (χ0) is 15.1. The Morgan fingerprint density at radius 1 is 1.24 bits per heavy atom. The second-order valence-electron chi connectivity index (χ2n) is 3.37. The zero-order valence-electron chi connectivity index (χ0n) is 10.5. The molecule has 2 rings (SSSR count). The minimum Gasteiger partial charge on any atom is -0.374 e. The Kier molecular flexibility index (Phi) is 6.18. The van der Waals surface area contributed by atoms with Gasteiger partial charge in [0.15, 0.2) is 8.68 Å². The number of aromatic nitrogens is 4. The molecule has 12 heteroatoms. The fraction of sp³-hybridized carbons (Fsp3) is 0.333. The van der Waals surface area contributed by atoms with Gasteiger partial charge in [0, 0.05) is 12.2 Å². The van der Waals surface area contributed by atoms with E-state index >= 15 is 0 Å². The van der Waals surface area contributed by atoms with Crippen LogP contribution in [0.15, 0.2) is 8.68 Å². The standard InChI is InChI=1S/C9H9N7OS4/c10-2-4-19-9-16-14-7(21-9)12-5(17)1-3-18-8-15-13-6(11)20-8/h1,3-4H2,(H2,11,13)(H,12,14,17). The van der Waals surface area contributed by atoms with Gasteiger partial charge in [-0.15, -0.1) is 20.4 Å². The van der Waals surface area contributed by atoms with Crippen molar-refractivity contribution in [3.63, 3.8) is 0 Å². The molecule has 21 heavy (non-hydrogen) atoms. The fourth-order valence-corrected chi connectivity index (χ4v) is 4.18. The monoisotopic (exact) mass is 359 g/mol. The summed E-state index contributed by atoms with van der Waals surface area (Å²) in [6.07, 6.45) is 0.324. The number of nitrogens with zero attached hydrogens (tertiary/aromatic N) is 5. The third-order valence-corrected chi connectivity index (χ3v) is 5.62. The van der Waals surface area contributed by atoms with Gasteiger partial charge < -0.3 is 11.1 Å². The molecule has 0 aliphatic heterocycles. The minimum atomic E-state index is -0.145. The summed E-state index contributed by atoms with van der Waals surface area (Å²) in [5.41, 5.74) is 5.47. The molecule has 0 aliphatic carbocycles. The van der Waals surface area contributed by atoms with Crippen LogP contribution in [-0.4, -0.2) is 37.8 Å². The lowest BCUT2D eigenvalue weighted by Crippen LogP contribution is -2.11. The van der Waals surface area contributed by atoms with Crippen molar-refractivity contribution in [2.45, 2.75) is 15.1 Å². The molecule has 0 radical (unpaired) electrons. The van der Waals surface area contributed by atoms with Crippen LogP contribution in [0.2, 0.25) is 0 Å². The van der Waals surface area contributed by atoms with Crippen LogP contribution in [0.5, 0.6) is 0 Å². The number of anilines is 2. The molecule has 0 bridgehead atoms. The van der Waals surface area contributed by atoms with Gasteiger partial charge in [0.05, 0.1) is 11.8 Å². The fourth-order valence-electron chi connectivity index (χ4n) is 1.10. The van der Waals surface area contributed by atoms with Crippen LogP contribution in [0.3, 0.4) is 0 Å². The number of nitrogen functional groups attached to an aromatic ring is 1. The van der Waals surface area contributed by atoms with Gasteiger partial charge >= 0.3 is 0 Å². The first kappa shape index (κ1) is 16.0. The molecule has 1 amide bonds. The predicted molar refractivity (Wildman–Crippen MR) is 84.5 cm³/mol. The summed E-state index contributed by atoms with van der Waals surface area (Å²) in [6.45, 7) is 0. The number of carbonyl (C=O) groups is 1. The van der Waals surface area contributed by atoms with Crippen molar-refractivity contribution in [1.29, 1.82) is 5.26 Å². The summed E-state index contributed by atoms with van der Waals surface area (Å²) < 4.78 is 1.40. The first-order valence-corrected chi connectivity index (χ1v) is 9.12. The topological polar surface area (TPSA) is 130 Å². The van der Waals surface area contributed by atoms with E-state index in [1.807, 2.05) is 6.07 Å². The maximum absolute atomic E-state index is 11.7. The van der Waals surface area contributed by atoms with E-state index < -0.39 is 0 Å². The maximum atomic E-state index is 11.7. The molecule has 110 valence electrons. The van der Waals surface area contributed by atoms with Gasteiger partial charge in [0.2, 0.25) is 16.2 Å². The van der Waals surface area contributed by atoms with Crippen LogP contribution < -0.4 is 11.1 Å². The molecule has 0 spiro atoms. The van der Waals surface area contributed by atoms with Crippen molar-refractivity contribution in [2.75, 3.05) is 22.6 Å². The number of rotatable bonds is 7. The first-order chi connectivity index (χ1) is 10.2. The van der Waals surface area contributed by atoms with Gasteiger partial charge in [-0.05, 0) is 0 Å². The Morgan fingerprint density at radius 2 is 2.00 bits per heavy atom. The number of nitrogens with one attached hydrogen (secondary N) is 1. The summed E-state index contributed by atoms with van der Waals surface area (Å²) in [7, 11) is 0. The Hall–Kier alpha value is -1.42. The van der Waals surface area contributed by atoms with Gasteiger partial charge in [-0.25, -0.2) is 0 Å². The second kappa shape index (κ2) is 8.13. The molecule has 0 aromatic carbocycles. The van der Waals surface area contributed by atoms with Crippen LogP contribution in [0, 0.1) is 11.3 Å². The molecule has 0 fully saturated rings. The van der Waals surface area contributed by atoms with Gasteiger partial charge in [-0.3, -0.25) is 4.79 Å². The number of hydrogen-bond donors (Lipinski definition) is 2. The lowest BCUT2D eigenvalue weighted by Gasteiger charge is -1.99. The van der Waals surface area contributed by atoms with E-state index in [1.54, 1.807) is 0 Å². The van der Waals surface area contributed by atoms with E-state index in [-0.39, 0.29) is 5.91 Å². The van der Waals surface area contributed by atoms with Gasteiger partial charge in [-0.2, -0.15) is 5.26 Å². The van der Waals surface area contributed by atoms with E-state index in [2.05, 4.69) is 25.7 Å². The van der Waals surface area contributed by atoms with Gasteiger partial charge in [0.25, 0.3) is 0 Å². The van der Waals surface area contributed by atoms with Crippen LogP contribution in [0.1, 0.15) is 6.42 Å². The largest absolute Gasteiger partial charge is 0.374 e. The molecule has 0 aliphatic rings. The normalized spacial score (nSPS) is 10.2. The molecule has 0 atom stereocenters. The molecule has 2 heterocycles. The summed E-state index contributed by atoms with van der Waals surface area (Å²) in [6, 6.07) is 2.00. The Labute approximate surface area is 136 Å². The number of nitrogens with two attached hydrogens (primary N) is 1. The van der Waals surface area contributed by atoms with Crippen LogP contribution in [0.25, 0.3) is 0 Å². The van der Waals surface area contributed by atoms with E-state index in [0.717, 1.165) is 4.34 Å². The van der Waals surface area contributed by atoms with Crippen molar-refractivity contribution >= 4 is 62.4 Å². The molecule has 2 aromatic rings. The summed E-state index contributed by atoms with van der Waals surface area (Å²) in [5, 5.41) is 27.2. The number of thioether (sulfide) groups is 2. The van der Waals surface area contributed by atoms with Crippen molar-refractivity contribution in [1.82, 2.24) is 20.4 Å². The molecule has 0 unspecified atom stereocenters. The summed E-state index contributed by atoms with van der Waals surface area (Å²) in [4.78, 5) is 11.7. The number of amides is 1. The average Bonchev–Trinajstić information content (AvgIpc) is 3.06. The highest BCUT2D eigenvalue weighted by Gasteiger charge is 2.09. The molecule has 3 N–H and O–H groups in total. The molecular weight excluding hydrogens is 350 g/mol. The summed E-state index contributed by atoms with van der Waals surface area (Å²) >= 11 is 5.26. The average molecular weight is 359 g/mol. The van der Waals surface area contributed by atoms with Crippen molar-refractivity contribution in [2.24, 2.45) is 0 Å². The molecular formula is C9H9N7OS4. The second-order valence-corrected chi connectivity index (χ2v) is 7.92. The lowest BCUT2D eigenvalue weighted by atomic mass is 10.5. The molecule has 0 saturated carbocycles. The lowest BCUT2D eigenvalue weighted by molar-refractivity contribution is -0.115. The highest BCUT2D eigenvalue weighted by Crippen LogP contribution is 2.26. The maximum Gasteiger partial charge on any atom is 0.227 e.